The molecule has 106 valence electrons. The molecule has 0 bridgehead atoms. The fourth-order valence-corrected chi connectivity index (χ4v) is 3.74. The normalized spacial score (nSPS) is 20.4. The molecule has 1 unspecified atom stereocenters. The number of hydrogen-bond acceptors (Lipinski definition) is 4. The van der Waals surface area contributed by atoms with Gasteiger partial charge < -0.3 is 5.32 Å². The van der Waals surface area contributed by atoms with E-state index in [1.807, 2.05) is 0 Å². The van der Waals surface area contributed by atoms with Crippen LogP contribution in [-0.2, 0) is 10.0 Å². The maximum absolute atomic E-state index is 12.0. The first kappa shape index (κ1) is 14.9. The Kier molecular flexibility index (Phi) is 5.32. The highest BCUT2D eigenvalue weighted by Gasteiger charge is 2.17. The highest BCUT2D eigenvalue weighted by molar-refractivity contribution is 9.10. The largest absolute Gasteiger partial charge is 0.316 e. The summed E-state index contributed by atoms with van der Waals surface area (Å²) in [5.74, 6) is 0.567. The maximum atomic E-state index is 12.0. The molecule has 0 aromatic carbocycles. The van der Waals surface area contributed by atoms with E-state index in [0.717, 1.165) is 19.5 Å². The Hall–Kier alpha value is -0.500. The summed E-state index contributed by atoms with van der Waals surface area (Å²) in [4.78, 5) is 4.07. The van der Waals surface area contributed by atoms with E-state index in [-0.39, 0.29) is 4.90 Å². The van der Waals surface area contributed by atoms with Crippen LogP contribution in [0.4, 0.5) is 0 Å². The van der Waals surface area contributed by atoms with Gasteiger partial charge >= 0.3 is 0 Å². The van der Waals surface area contributed by atoms with E-state index in [4.69, 9.17) is 0 Å². The molecule has 19 heavy (non-hydrogen) atoms. The second-order valence-corrected chi connectivity index (χ2v) is 7.42. The minimum absolute atomic E-state index is 0.198. The third-order valence-corrected chi connectivity index (χ3v) is 5.10. The second-order valence-electron chi connectivity index (χ2n) is 4.74. The van der Waals surface area contributed by atoms with Crippen molar-refractivity contribution in [1.29, 1.82) is 0 Å². The average molecular weight is 348 g/mol. The average Bonchev–Trinajstić information content (AvgIpc) is 2.40. The number of nitrogens with zero attached hydrogens (tertiary/aromatic N) is 1. The molecule has 7 heteroatoms. The van der Waals surface area contributed by atoms with E-state index in [9.17, 15) is 8.42 Å². The summed E-state index contributed by atoms with van der Waals surface area (Å²) in [6.07, 6.45) is 6.13. The van der Waals surface area contributed by atoms with Gasteiger partial charge in [0.25, 0.3) is 0 Å². The van der Waals surface area contributed by atoms with Crippen LogP contribution >= 0.6 is 15.9 Å². The fourth-order valence-electron chi connectivity index (χ4n) is 2.19. The Morgan fingerprint density at radius 2 is 2.32 bits per heavy atom. The van der Waals surface area contributed by atoms with Crippen LogP contribution in [0.5, 0.6) is 0 Å². The Labute approximate surface area is 122 Å². The van der Waals surface area contributed by atoms with Crippen LogP contribution in [0, 0.1) is 5.92 Å². The van der Waals surface area contributed by atoms with Gasteiger partial charge in [-0.05, 0) is 60.3 Å². The van der Waals surface area contributed by atoms with E-state index in [2.05, 4.69) is 31.0 Å². The number of hydrogen-bond donors (Lipinski definition) is 2. The van der Waals surface area contributed by atoms with Crippen LogP contribution in [0.15, 0.2) is 27.8 Å². The molecule has 1 fully saturated rings. The summed E-state index contributed by atoms with van der Waals surface area (Å²) in [6, 6.07) is 1.55. The van der Waals surface area contributed by atoms with Gasteiger partial charge in [-0.2, -0.15) is 0 Å². The minimum atomic E-state index is -3.45. The molecule has 0 spiro atoms. The molecule has 2 N–H and O–H groups in total. The first-order chi connectivity index (χ1) is 9.08. The standard InChI is InChI=1S/C12H18BrN3O2S/c13-11-6-12(9-15-8-11)19(17,18)16-5-3-10-2-1-4-14-7-10/h6,8-10,14,16H,1-5,7H2. The molecule has 1 aromatic rings. The number of sulfonamides is 1. The fraction of sp³-hybridized carbons (Fsp3) is 0.583. The molecular weight excluding hydrogens is 330 g/mol. The van der Waals surface area contributed by atoms with E-state index >= 15 is 0 Å². The van der Waals surface area contributed by atoms with Crippen molar-refractivity contribution in [2.45, 2.75) is 24.2 Å². The van der Waals surface area contributed by atoms with Gasteiger partial charge in [0.1, 0.15) is 4.90 Å². The van der Waals surface area contributed by atoms with Gasteiger partial charge in [0.15, 0.2) is 0 Å². The Balaban J connectivity index is 1.87. The first-order valence-electron chi connectivity index (χ1n) is 6.39. The zero-order valence-corrected chi connectivity index (χ0v) is 13.0. The zero-order valence-electron chi connectivity index (χ0n) is 10.6. The molecule has 2 rings (SSSR count). The summed E-state index contributed by atoms with van der Waals surface area (Å²) in [5, 5.41) is 3.33. The van der Waals surface area contributed by atoms with Crippen molar-refractivity contribution in [3.63, 3.8) is 0 Å². The maximum Gasteiger partial charge on any atom is 0.242 e. The lowest BCUT2D eigenvalue weighted by Gasteiger charge is -2.22. The monoisotopic (exact) mass is 347 g/mol. The van der Waals surface area contributed by atoms with Crippen LogP contribution in [-0.4, -0.2) is 33.0 Å². The minimum Gasteiger partial charge on any atom is -0.316 e. The van der Waals surface area contributed by atoms with E-state index in [1.165, 1.54) is 19.0 Å². The lowest BCUT2D eigenvalue weighted by Crippen LogP contribution is -2.33. The molecule has 1 aliphatic rings. The third-order valence-electron chi connectivity index (χ3n) is 3.23. The second kappa shape index (κ2) is 6.78. The molecule has 1 aromatic heterocycles. The Morgan fingerprint density at radius 3 is 3.00 bits per heavy atom. The third kappa shape index (κ3) is 4.52. The first-order valence-corrected chi connectivity index (χ1v) is 8.66. The van der Waals surface area contributed by atoms with Crippen LogP contribution in [0.1, 0.15) is 19.3 Å². The van der Waals surface area contributed by atoms with E-state index in [0.29, 0.717) is 16.9 Å². The number of nitrogens with one attached hydrogen (secondary N) is 2. The molecule has 0 amide bonds. The predicted octanol–water partition coefficient (Wildman–Crippen LogP) is 1.51. The smallest absolute Gasteiger partial charge is 0.242 e. The number of aromatic nitrogens is 1. The molecule has 1 atom stereocenters. The molecule has 0 radical (unpaired) electrons. The van der Waals surface area contributed by atoms with Gasteiger partial charge in [0.05, 0.1) is 0 Å². The summed E-state index contributed by atoms with van der Waals surface area (Å²) in [5.41, 5.74) is 0. The molecule has 2 heterocycles. The number of piperidine rings is 1. The summed E-state index contributed by atoms with van der Waals surface area (Å²) < 4.78 is 27.4. The van der Waals surface area contributed by atoms with Gasteiger partial charge in [-0.3, -0.25) is 4.98 Å². The molecule has 5 nitrogen and oxygen atoms in total. The molecule has 0 aliphatic carbocycles. The van der Waals surface area contributed by atoms with Gasteiger partial charge in [-0.15, -0.1) is 0 Å². The number of rotatable bonds is 5. The SMILES string of the molecule is O=S(=O)(NCCC1CCCNC1)c1cncc(Br)c1. The van der Waals surface area contributed by atoms with Crippen molar-refractivity contribution in [2.24, 2.45) is 5.92 Å². The molecule has 1 saturated heterocycles. The van der Waals surface area contributed by atoms with Gasteiger partial charge in [-0.1, -0.05) is 0 Å². The Morgan fingerprint density at radius 1 is 1.47 bits per heavy atom. The van der Waals surface area contributed by atoms with Crippen molar-refractivity contribution in [2.75, 3.05) is 19.6 Å². The highest BCUT2D eigenvalue weighted by atomic mass is 79.9. The van der Waals surface area contributed by atoms with Crippen molar-refractivity contribution >= 4 is 26.0 Å². The van der Waals surface area contributed by atoms with Gasteiger partial charge in [0, 0.05) is 23.4 Å². The van der Waals surface area contributed by atoms with Crippen molar-refractivity contribution in [1.82, 2.24) is 15.0 Å². The Bertz CT molecular complexity index is 515. The molecular formula is C12H18BrN3O2S. The van der Waals surface area contributed by atoms with Crippen LogP contribution in [0.25, 0.3) is 0 Å². The van der Waals surface area contributed by atoms with Crippen molar-refractivity contribution in [3.8, 4) is 0 Å². The van der Waals surface area contributed by atoms with Crippen molar-refractivity contribution < 1.29 is 8.42 Å². The summed E-state index contributed by atoms with van der Waals surface area (Å²) in [7, 11) is -3.45. The highest BCUT2D eigenvalue weighted by Crippen LogP contribution is 2.16. The lowest BCUT2D eigenvalue weighted by atomic mass is 9.96. The van der Waals surface area contributed by atoms with E-state index < -0.39 is 10.0 Å². The van der Waals surface area contributed by atoms with E-state index in [1.54, 1.807) is 12.3 Å². The predicted molar refractivity (Wildman–Crippen MR) is 77.3 cm³/mol. The summed E-state index contributed by atoms with van der Waals surface area (Å²) >= 11 is 3.22. The topological polar surface area (TPSA) is 71.1 Å². The van der Waals surface area contributed by atoms with Gasteiger partial charge in [0.2, 0.25) is 10.0 Å². The molecule has 0 saturated carbocycles. The number of halogens is 1. The summed E-state index contributed by atoms with van der Waals surface area (Å²) in [6.45, 7) is 2.54. The zero-order chi connectivity index (χ0) is 13.7. The van der Waals surface area contributed by atoms with Gasteiger partial charge in [-0.25, -0.2) is 13.1 Å². The quantitative estimate of drug-likeness (QED) is 0.846. The van der Waals surface area contributed by atoms with Crippen LogP contribution in [0.3, 0.4) is 0 Å². The van der Waals surface area contributed by atoms with Crippen LogP contribution in [0.2, 0.25) is 0 Å². The van der Waals surface area contributed by atoms with Crippen LogP contribution < -0.4 is 10.0 Å². The molecule has 1 aliphatic heterocycles. The lowest BCUT2D eigenvalue weighted by molar-refractivity contribution is 0.358. The number of pyridine rings is 1. The van der Waals surface area contributed by atoms with Crippen molar-refractivity contribution in [3.05, 3.63) is 22.9 Å².